The van der Waals surface area contributed by atoms with Gasteiger partial charge in [-0.3, -0.25) is 24.0 Å². The number of hydrogen-bond acceptors (Lipinski definition) is 6. The van der Waals surface area contributed by atoms with Crippen molar-refractivity contribution < 1.29 is 22.9 Å². The summed E-state index contributed by atoms with van der Waals surface area (Å²) in [5.41, 5.74) is 0.390. The standard InChI is InChI=1S/C29H32Cl2N4O6S/c1-4-27(29(37)32-17-20(2)3)33(18-21-10-15-25(30)26(31)16-21)28(36)19-34(22-11-13-23(14-12-22)35(38)39)42(40,41)24-8-6-5-7-9-24/h5-16,20,27H,4,17-19H2,1-3H3,(H,32,37)/t27-/m1/s1. The van der Waals surface area contributed by atoms with Crippen molar-refractivity contribution in [3.63, 3.8) is 0 Å². The van der Waals surface area contributed by atoms with Gasteiger partial charge in [0.25, 0.3) is 15.7 Å². The number of non-ortho nitro benzene ring substituents is 1. The van der Waals surface area contributed by atoms with Crippen LogP contribution < -0.4 is 9.62 Å². The van der Waals surface area contributed by atoms with Crippen LogP contribution >= 0.6 is 23.2 Å². The normalized spacial score (nSPS) is 12.0. The smallest absolute Gasteiger partial charge is 0.269 e. The van der Waals surface area contributed by atoms with Crippen molar-refractivity contribution in [2.24, 2.45) is 5.92 Å². The highest BCUT2D eigenvalue weighted by Gasteiger charge is 2.34. The van der Waals surface area contributed by atoms with Crippen molar-refractivity contribution in [1.29, 1.82) is 0 Å². The molecule has 1 atom stereocenters. The molecule has 0 saturated heterocycles. The number of sulfonamides is 1. The first kappa shape index (κ1) is 32.8. The Morgan fingerprint density at radius 3 is 2.17 bits per heavy atom. The second-order valence-corrected chi connectivity index (χ2v) is 12.6. The fraction of sp³-hybridized carbons (Fsp3) is 0.310. The molecule has 0 saturated carbocycles. The lowest BCUT2D eigenvalue weighted by molar-refractivity contribution is -0.384. The van der Waals surface area contributed by atoms with E-state index < -0.39 is 33.4 Å². The highest BCUT2D eigenvalue weighted by molar-refractivity contribution is 7.92. The minimum absolute atomic E-state index is 0.0459. The summed E-state index contributed by atoms with van der Waals surface area (Å²) in [7, 11) is -4.30. The molecule has 3 aromatic rings. The van der Waals surface area contributed by atoms with Crippen molar-refractivity contribution in [2.45, 2.75) is 44.7 Å². The van der Waals surface area contributed by atoms with Gasteiger partial charge in [0.1, 0.15) is 12.6 Å². The minimum atomic E-state index is -4.30. The Hall–Kier alpha value is -3.67. The molecule has 0 aliphatic rings. The van der Waals surface area contributed by atoms with Crippen LogP contribution in [0.3, 0.4) is 0 Å². The molecule has 0 aliphatic carbocycles. The molecule has 0 spiro atoms. The molecule has 2 amide bonds. The number of hydrogen-bond donors (Lipinski definition) is 1. The molecule has 0 unspecified atom stereocenters. The largest absolute Gasteiger partial charge is 0.354 e. The molecule has 42 heavy (non-hydrogen) atoms. The first-order valence-corrected chi connectivity index (χ1v) is 15.4. The van der Waals surface area contributed by atoms with Crippen LogP contribution in [0, 0.1) is 16.0 Å². The van der Waals surface area contributed by atoms with E-state index in [1.807, 2.05) is 13.8 Å². The van der Waals surface area contributed by atoms with Crippen LogP contribution in [0.5, 0.6) is 0 Å². The maximum Gasteiger partial charge on any atom is 0.269 e. The first-order chi connectivity index (χ1) is 19.8. The van der Waals surface area contributed by atoms with Gasteiger partial charge in [-0.25, -0.2) is 8.42 Å². The lowest BCUT2D eigenvalue weighted by Gasteiger charge is -2.33. The molecule has 1 N–H and O–H groups in total. The summed E-state index contributed by atoms with van der Waals surface area (Å²) in [6.07, 6.45) is 0.250. The summed E-state index contributed by atoms with van der Waals surface area (Å²) in [6.45, 7) is 5.30. The second kappa shape index (κ2) is 14.5. The molecule has 0 heterocycles. The Labute approximate surface area is 255 Å². The van der Waals surface area contributed by atoms with Crippen LogP contribution in [0.15, 0.2) is 77.7 Å². The number of carbonyl (C=O) groups excluding carboxylic acids is 2. The molecule has 224 valence electrons. The predicted octanol–water partition coefficient (Wildman–Crippen LogP) is 5.68. The number of nitro groups is 1. The summed E-state index contributed by atoms with van der Waals surface area (Å²) in [5.74, 6) is -0.878. The summed E-state index contributed by atoms with van der Waals surface area (Å²) in [6, 6.07) is 16.3. The number of amides is 2. The van der Waals surface area contributed by atoms with Crippen molar-refractivity contribution in [1.82, 2.24) is 10.2 Å². The molecular formula is C29H32Cl2N4O6S. The van der Waals surface area contributed by atoms with Gasteiger partial charge in [-0.05, 0) is 54.3 Å². The maximum absolute atomic E-state index is 14.1. The summed E-state index contributed by atoms with van der Waals surface area (Å²) in [4.78, 5) is 39.2. The third-order valence-electron chi connectivity index (χ3n) is 6.37. The number of nitrogens with one attached hydrogen (secondary N) is 1. The molecule has 3 aromatic carbocycles. The van der Waals surface area contributed by atoms with Gasteiger partial charge in [0, 0.05) is 25.2 Å². The van der Waals surface area contributed by atoms with Gasteiger partial charge >= 0.3 is 0 Å². The van der Waals surface area contributed by atoms with Gasteiger partial charge < -0.3 is 10.2 Å². The molecule has 10 nitrogen and oxygen atoms in total. The first-order valence-electron chi connectivity index (χ1n) is 13.2. The zero-order valence-corrected chi connectivity index (χ0v) is 25.7. The molecule has 0 bridgehead atoms. The minimum Gasteiger partial charge on any atom is -0.354 e. The molecule has 13 heteroatoms. The number of carbonyl (C=O) groups is 2. The van der Waals surface area contributed by atoms with Gasteiger partial charge in [-0.2, -0.15) is 0 Å². The molecule has 3 rings (SSSR count). The number of benzene rings is 3. The molecule has 0 aromatic heterocycles. The lowest BCUT2D eigenvalue weighted by atomic mass is 10.1. The van der Waals surface area contributed by atoms with Gasteiger partial charge in [0.05, 0.1) is 25.6 Å². The molecule has 0 fully saturated rings. The topological polar surface area (TPSA) is 130 Å². The summed E-state index contributed by atoms with van der Waals surface area (Å²) >= 11 is 12.3. The lowest BCUT2D eigenvalue weighted by Crippen LogP contribution is -2.52. The van der Waals surface area contributed by atoms with E-state index in [9.17, 15) is 28.1 Å². The van der Waals surface area contributed by atoms with Crippen LogP contribution in [-0.4, -0.2) is 49.2 Å². The molecule has 0 aliphatic heterocycles. The van der Waals surface area contributed by atoms with E-state index in [1.165, 1.54) is 29.2 Å². The number of anilines is 1. The average molecular weight is 636 g/mol. The Bertz CT molecular complexity index is 1520. The SMILES string of the molecule is CC[C@H](C(=O)NCC(C)C)N(Cc1ccc(Cl)c(Cl)c1)C(=O)CN(c1ccc([N+](=O)[O-])cc1)S(=O)(=O)c1ccccc1. The van der Waals surface area contributed by atoms with Crippen LogP contribution in [0.4, 0.5) is 11.4 Å². The van der Waals surface area contributed by atoms with E-state index >= 15 is 0 Å². The Balaban J connectivity index is 2.07. The van der Waals surface area contributed by atoms with Gasteiger partial charge in [-0.1, -0.05) is 68.2 Å². The van der Waals surface area contributed by atoms with E-state index in [0.717, 1.165) is 16.4 Å². The van der Waals surface area contributed by atoms with E-state index in [-0.39, 0.29) is 46.1 Å². The average Bonchev–Trinajstić information content (AvgIpc) is 2.96. The third-order valence-corrected chi connectivity index (χ3v) is 8.89. The molecular weight excluding hydrogens is 603 g/mol. The highest BCUT2D eigenvalue weighted by atomic mass is 35.5. The number of nitro benzene ring substituents is 1. The van der Waals surface area contributed by atoms with Crippen molar-refractivity contribution in [3.05, 3.63) is 98.5 Å². The van der Waals surface area contributed by atoms with Crippen LogP contribution in [-0.2, 0) is 26.2 Å². The number of rotatable bonds is 13. The fourth-order valence-corrected chi connectivity index (χ4v) is 5.92. The van der Waals surface area contributed by atoms with E-state index in [0.29, 0.717) is 17.1 Å². The molecule has 0 radical (unpaired) electrons. The van der Waals surface area contributed by atoms with Gasteiger partial charge in [0.2, 0.25) is 11.8 Å². The zero-order valence-electron chi connectivity index (χ0n) is 23.4. The Morgan fingerprint density at radius 1 is 0.976 bits per heavy atom. The van der Waals surface area contributed by atoms with Crippen molar-refractivity contribution in [2.75, 3.05) is 17.4 Å². The van der Waals surface area contributed by atoms with Crippen LogP contribution in [0.1, 0.15) is 32.8 Å². The number of nitrogens with zero attached hydrogens (tertiary/aromatic N) is 3. The fourth-order valence-electron chi connectivity index (χ4n) is 4.17. The van der Waals surface area contributed by atoms with Gasteiger partial charge in [-0.15, -0.1) is 0 Å². The van der Waals surface area contributed by atoms with E-state index in [4.69, 9.17) is 23.2 Å². The summed E-state index contributed by atoms with van der Waals surface area (Å²) < 4.78 is 28.5. The van der Waals surface area contributed by atoms with Crippen molar-refractivity contribution >= 4 is 56.4 Å². The van der Waals surface area contributed by atoms with Crippen molar-refractivity contribution in [3.8, 4) is 0 Å². The van der Waals surface area contributed by atoms with Gasteiger partial charge in [0.15, 0.2) is 0 Å². The Kier molecular flexibility index (Phi) is 11.3. The summed E-state index contributed by atoms with van der Waals surface area (Å²) in [5, 5.41) is 14.6. The quantitative estimate of drug-likeness (QED) is 0.190. The monoisotopic (exact) mass is 634 g/mol. The van der Waals surface area contributed by atoms with E-state index in [1.54, 1.807) is 43.3 Å². The maximum atomic E-state index is 14.1. The number of halogens is 2. The predicted molar refractivity (Wildman–Crippen MR) is 163 cm³/mol. The highest BCUT2D eigenvalue weighted by Crippen LogP contribution is 2.28. The second-order valence-electron chi connectivity index (χ2n) is 9.93. The Morgan fingerprint density at radius 2 is 1.62 bits per heavy atom. The van der Waals surface area contributed by atoms with E-state index in [2.05, 4.69) is 5.32 Å². The van der Waals surface area contributed by atoms with Crippen LogP contribution in [0.25, 0.3) is 0 Å². The third kappa shape index (κ3) is 8.21. The zero-order chi connectivity index (χ0) is 31.0. The van der Waals surface area contributed by atoms with Crippen LogP contribution in [0.2, 0.25) is 10.0 Å².